The highest BCUT2D eigenvalue weighted by Gasteiger charge is 2.11. The van der Waals surface area contributed by atoms with Crippen molar-refractivity contribution in [1.82, 2.24) is 0 Å². The molecule has 2 aromatic rings. The third kappa shape index (κ3) is 4.71. The van der Waals surface area contributed by atoms with E-state index in [9.17, 15) is 14.9 Å². The van der Waals surface area contributed by atoms with E-state index >= 15 is 0 Å². The number of non-ortho nitro benzene ring substituents is 1. The number of carbonyl (C=O) groups excluding carboxylic acids is 1. The molecule has 0 saturated carbocycles. The molecule has 25 heavy (non-hydrogen) atoms. The SMILES string of the molecule is COc1cc(NC(=O)/C=C/c2cccc([N+](=O)[O-])c2)c(OC)cc1Cl. The van der Waals surface area contributed by atoms with E-state index in [1.807, 2.05) is 0 Å². The normalized spacial score (nSPS) is 10.5. The van der Waals surface area contributed by atoms with Crippen molar-refractivity contribution in [3.63, 3.8) is 0 Å². The third-order valence-electron chi connectivity index (χ3n) is 3.24. The number of amides is 1. The van der Waals surface area contributed by atoms with Crippen molar-refractivity contribution in [2.24, 2.45) is 0 Å². The maximum atomic E-state index is 12.1. The number of hydrogen-bond donors (Lipinski definition) is 1. The maximum Gasteiger partial charge on any atom is 0.270 e. The summed E-state index contributed by atoms with van der Waals surface area (Å²) in [5.41, 5.74) is 0.870. The number of benzene rings is 2. The van der Waals surface area contributed by atoms with E-state index in [1.54, 1.807) is 18.2 Å². The molecule has 0 aliphatic carbocycles. The van der Waals surface area contributed by atoms with Crippen LogP contribution < -0.4 is 14.8 Å². The van der Waals surface area contributed by atoms with E-state index in [0.717, 1.165) is 0 Å². The molecule has 0 heterocycles. The lowest BCUT2D eigenvalue weighted by atomic mass is 10.2. The minimum Gasteiger partial charge on any atom is -0.495 e. The van der Waals surface area contributed by atoms with Gasteiger partial charge in [0, 0.05) is 30.3 Å². The van der Waals surface area contributed by atoms with Gasteiger partial charge in [0.05, 0.1) is 29.9 Å². The molecule has 8 heteroatoms. The van der Waals surface area contributed by atoms with E-state index in [0.29, 0.717) is 27.8 Å². The quantitative estimate of drug-likeness (QED) is 0.478. The summed E-state index contributed by atoms with van der Waals surface area (Å²) in [6.45, 7) is 0. The minimum absolute atomic E-state index is 0.0494. The molecule has 0 unspecified atom stereocenters. The van der Waals surface area contributed by atoms with Crippen LogP contribution in [0.3, 0.4) is 0 Å². The lowest BCUT2D eigenvalue weighted by Crippen LogP contribution is -2.09. The highest BCUT2D eigenvalue weighted by molar-refractivity contribution is 6.32. The standard InChI is InChI=1S/C17H15ClN2O5/c1-24-15-10-14(16(25-2)9-13(15)18)19-17(21)7-6-11-4-3-5-12(8-11)20(22)23/h3-10H,1-2H3,(H,19,21)/b7-6+. The van der Waals surface area contributed by atoms with Gasteiger partial charge < -0.3 is 14.8 Å². The summed E-state index contributed by atoms with van der Waals surface area (Å²) in [6.07, 6.45) is 2.74. The van der Waals surface area contributed by atoms with Gasteiger partial charge in [-0.05, 0) is 11.6 Å². The van der Waals surface area contributed by atoms with Gasteiger partial charge in [-0.2, -0.15) is 0 Å². The molecule has 130 valence electrons. The number of methoxy groups -OCH3 is 2. The topological polar surface area (TPSA) is 90.7 Å². The molecule has 0 saturated heterocycles. The Hall–Kier alpha value is -3.06. The number of nitrogens with zero attached hydrogens (tertiary/aromatic N) is 1. The van der Waals surface area contributed by atoms with Crippen LogP contribution in [0, 0.1) is 10.1 Å². The number of ether oxygens (including phenoxy) is 2. The van der Waals surface area contributed by atoms with Crippen molar-refractivity contribution >= 4 is 35.0 Å². The molecule has 2 aromatic carbocycles. The molecule has 0 aromatic heterocycles. The number of rotatable bonds is 6. The van der Waals surface area contributed by atoms with Gasteiger partial charge in [0.2, 0.25) is 5.91 Å². The second-order valence-electron chi connectivity index (χ2n) is 4.86. The second-order valence-corrected chi connectivity index (χ2v) is 5.27. The molecule has 0 aliphatic rings. The zero-order valence-corrected chi connectivity index (χ0v) is 14.2. The van der Waals surface area contributed by atoms with E-state index < -0.39 is 10.8 Å². The largest absolute Gasteiger partial charge is 0.495 e. The molecule has 2 rings (SSSR count). The van der Waals surface area contributed by atoms with Crippen molar-refractivity contribution in [1.29, 1.82) is 0 Å². The van der Waals surface area contributed by atoms with Crippen LogP contribution in [0.4, 0.5) is 11.4 Å². The number of anilines is 1. The number of nitro groups is 1. The number of nitrogens with one attached hydrogen (secondary N) is 1. The lowest BCUT2D eigenvalue weighted by molar-refractivity contribution is -0.384. The van der Waals surface area contributed by atoms with Gasteiger partial charge >= 0.3 is 0 Å². The fraction of sp³-hybridized carbons (Fsp3) is 0.118. The van der Waals surface area contributed by atoms with Crippen molar-refractivity contribution in [2.75, 3.05) is 19.5 Å². The van der Waals surface area contributed by atoms with E-state index in [4.69, 9.17) is 21.1 Å². The third-order valence-corrected chi connectivity index (χ3v) is 3.54. The Bertz CT molecular complexity index is 836. The minimum atomic E-state index is -0.498. The Labute approximate surface area is 149 Å². The summed E-state index contributed by atoms with van der Waals surface area (Å²) in [6, 6.07) is 9.02. The van der Waals surface area contributed by atoms with Crippen LogP contribution in [-0.2, 0) is 4.79 Å². The van der Waals surface area contributed by atoms with Gasteiger partial charge in [-0.25, -0.2) is 0 Å². The van der Waals surface area contributed by atoms with Gasteiger partial charge in [-0.3, -0.25) is 14.9 Å². The molecule has 1 N–H and O–H groups in total. The summed E-state index contributed by atoms with van der Waals surface area (Å²) in [7, 11) is 2.91. The summed E-state index contributed by atoms with van der Waals surface area (Å²) < 4.78 is 10.3. The van der Waals surface area contributed by atoms with E-state index in [1.165, 1.54) is 44.6 Å². The molecular weight excluding hydrogens is 348 g/mol. The molecule has 0 radical (unpaired) electrons. The Kier molecular flexibility index (Phi) is 5.97. The summed E-state index contributed by atoms with van der Waals surface area (Å²) in [5, 5.41) is 13.8. The summed E-state index contributed by atoms with van der Waals surface area (Å²) in [4.78, 5) is 22.4. The first-order valence-electron chi connectivity index (χ1n) is 7.09. The molecule has 0 atom stereocenters. The van der Waals surface area contributed by atoms with Crippen LogP contribution in [-0.4, -0.2) is 25.1 Å². The van der Waals surface area contributed by atoms with Crippen LogP contribution in [0.5, 0.6) is 11.5 Å². The summed E-state index contributed by atoms with van der Waals surface area (Å²) >= 11 is 6.01. The average Bonchev–Trinajstić information content (AvgIpc) is 2.61. The first-order chi connectivity index (χ1) is 11.9. The number of nitro benzene ring substituents is 1. The van der Waals surface area contributed by atoms with E-state index in [2.05, 4.69) is 5.32 Å². The van der Waals surface area contributed by atoms with Crippen LogP contribution in [0.1, 0.15) is 5.56 Å². The molecule has 1 amide bonds. The fourth-order valence-corrected chi connectivity index (χ4v) is 2.28. The van der Waals surface area contributed by atoms with Crippen molar-refractivity contribution in [2.45, 2.75) is 0 Å². The first-order valence-corrected chi connectivity index (χ1v) is 7.47. The van der Waals surface area contributed by atoms with Gasteiger partial charge in [-0.15, -0.1) is 0 Å². The first kappa shape index (κ1) is 18.3. The fourth-order valence-electron chi connectivity index (χ4n) is 2.05. The Morgan fingerprint density at radius 3 is 2.56 bits per heavy atom. The van der Waals surface area contributed by atoms with Gasteiger partial charge in [0.1, 0.15) is 11.5 Å². The number of halogens is 1. The van der Waals surface area contributed by atoms with Crippen LogP contribution in [0.2, 0.25) is 5.02 Å². The number of hydrogen-bond acceptors (Lipinski definition) is 5. The highest BCUT2D eigenvalue weighted by Crippen LogP contribution is 2.35. The van der Waals surface area contributed by atoms with Crippen molar-refractivity contribution in [3.05, 3.63) is 63.2 Å². The monoisotopic (exact) mass is 362 g/mol. The van der Waals surface area contributed by atoms with Crippen molar-refractivity contribution < 1.29 is 19.2 Å². The van der Waals surface area contributed by atoms with Crippen LogP contribution >= 0.6 is 11.6 Å². The predicted octanol–water partition coefficient (Wildman–Crippen LogP) is 3.92. The highest BCUT2D eigenvalue weighted by atomic mass is 35.5. The van der Waals surface area contributed by atoms with Crippen molar-refractivity contribution in [3.8, 4) is 11.5 Å². The molecule has 0 bridgehead atoms. The molecule has 0 spiro atoms. The van der Waals surface area contributed by atoms with Crippen LogP contribution in [0.15, 0.2) is 42.5 Å². The Balaban J connectivity index is 2.17. The molecular formula is C17H15ClN2O5. The summed E-state index contributed by atoms with van der Waals surface area (Å²) in [5.74, 6) is 0.331. The van der Waals surface area contributed by atoms with E-state index in [-0.39, 0.29) is 5.69 Å². The molecule has 0 aliphatic heterocycles. The smallest absolute Gasteiger partial charge is 0.270 e. The predicted molar refractivity (Wildman–Crippen MR) is 95.3 cm³/mol. The van der Waals surface area contributed by atoms with Crippen LogP contribution in [0.25, 0.3) is 6.08 Å². The van der Waals surface area contributed by atoms with Gasteiger partial charge in [0.15, 0.2) is 0 Å². The zero-order valence-electron chi connectivity index (χ0n) is 13.5. The van der Waals surface area contributed by atoms with Gasteiger partial charge in [0.25, 0.3) is 5.69 Å². The molecule has 7 nitrogen and oxygen atoms in total. The lowest BCUT2D eigenvalue weighted by Gasteiger charge is -2.12. The Morgan fingerprint density at radius 1 is 1.20 bits per heavy atom. The number of carbonyl (C=O) groups is 1. The average molecular weight is 363 g/mol. The Morgan fingerprint density at radius 2 is 1.92 bits per heavy atom. The zero-order chi connectivity index (χ0) is 18.4. The van der Waals surface area contributed by atoms with Gasteiger partial charge in [-0.1, -0.05) is 23.7 Å². The molecule has 0 fully saturated rings. The maximum absolute atomic E-state index is 12.1. The second kappa shape index (κ2) is 8.16.